The van der Waals surface area contributed by atoms with Gasteiger partial charge in [0, 0.05) is 29.2 Å². The van der Waals surface area contributed by atoms with E-state index < -0.39 is 0 Å². The zero-order valence-corrected chi connectivity index (χ0v) is 11.5. The van der Waals surface area contributed by atoms with Gasteiger partial charge in [-0.3, -0.25) is 4.98 Å². The van der Waals surface area contributed by atoms with E-state index in [1.165, 1.54) is 5.56 Å². The monoisotopic (exact) mass is 251 g/mol. The van der Waals surface area contributed by atoms with Crippen LogP contribution < -0.4 is 0 Å². The van der Waals surface area contributed by atoms with E-state index in [9.17, 15) is 0 Å². The third-order valence-electron chi connectivity index (χ3n) is 3.31. The van der Waals surface area contributed by atoms with Gasteiger partial charge in [0.1, 0.15) is 0 Å². The van der Waals surface area contributed by atoms with Crippen LogP contribution in [0.4, 0.5) is 0 Å². The van der Waals surface area contributed by atoms with E-state index in [-0.39, 0.29) is 0 Å². The molecule has 19 heavy (non-hydrogen) atoms. The van der Waals surface area contributed by atoms with Gasteiger partial charge in [0.15, 0.2) is 0 Å². The maximum absolute atomic E-state index is 4.70. The van der Waals surface area contributed by atoms with Gasteiger partial charge in [-0.05, 0) is 31.0 Å². The van der Waals surface area contributed by atoms with Gasteiger partial charge in [0.25, 0.3) is 0 Å². The fraction of sp³-hybridized carbons (Fsp3) is 0.250. The lowest BCUT2D eigenvalue weighted by molar-refractivity contribution is 0.789. The minimum Gasteiger partial charge on any atom is -0.261 e. The molecule has 3 nitrogen and oxygen atoms in total. The molecule has 0 saturated carbocycles. The second-order valence-electron chi connectivity index (χ2n) is 5.13. The van der Waals surface area contributed by atoms with Crippen molar-refractivity contribution in [3.05, 3.63) is 54.1 Å². The number of hydrogen-bond donors (Lipinski definition) is 0. The molecule has 3 heterocycles. The minimum absolute atomic E-state index is 0.385. The van der Waals surface area contributed by atoms with Gasteiger partial charge in [0.2, 0.25) is 0 Å². The number of rotatable bonds is 2. The predicted octanol–water partition coefficient (Wildman–Crippen LogP) is 3.83. The highest BCUT2D eigenvalue weighted by molar-refractivity contribution is 5.82. The molecule has 0 aliphatic carbocycles. The lowest BCUT2D eigenvalue weighted by atomic mass is 9.99. The number of hydrogen-bond acceptors (Lipinski definition) is 2. The molecule has 0 atom stereocenters. The first-order valence-electron chi connectivity index (χ1n) is 6.57. The first-order chi connectivity index (χ1) is 9.16. The molecule has 0 aliphatic rings. The lowest BCUT2D eigenvalue weighted by Crippen LogP contribution is -1.92. The highest BCUT2D eigenvalue weighted by atomic mass is 15.2. The molecular formula is C16H17N3. The number of nitrogens with zero attached hydrogens (tertiary/aromatic N) is 3. The Bertz CT molecular complexity index is 708. The van der Waals surface area contributed by atoms with E-state index in [1.807, 2.05) is 42.0 Å². The van der Waals surface area contributed by atoms with Crippen molar-refractivity contribution >= 4 is 5.52 Å². The molecule has 3 heteroatoms. The zero-order valence-electron chi connectivity index (χ0n) is 11.5. The van der Waals surface area contributed by atoms with Crippen LogP contribution >= 0.6 is 0 Å². The molecule has 3 aromatic heterocycles. The summed E-state index contributed by atoms with van der Waals surface area (Å²) in [6.45, 7) is 6.35. The van der Waals surface area contributed by atoms with Gasteiger partial charge in [-0.1, -0.05) is 26.0 Å². The second kappa shape index (κ2) is 4.50. The molecule has 0 radical (unpaired) electrons. The Hall–Kier alpha value is -2.16. The van der Waals surface area contributed by atoms with Crippen LogP contribution in [-0.4, -0.2) is 14.6 Å². The largest absolute Gasteiger partial charge is 0.261 e. The van der Waals surface area contributed by atoms with E-state index in [0.717, 1.165) is 22.5 Å². The van der Waals surface area contributed by atoms with Crippen LogP contribution in [-0.2, 0) is 0 Å². The molecule has 3 aromatic rings. The van der Waals surface area contributed by atoms with Crippen LogP contribution in [0.2, 0.25) is 0 Å². The van der Waals surface area contributed by atoms with Gasteiger partial charge in [-0.15, -0.1) is 0 Å². The minimum atomic E-state index is 0.385. The fourth-order valence-electron chi connectivity index (χ4n) is 2.33. The van der Waals surface area contributed by atoms with Crippen LogP contribution in [0.5, 0.6) is 0 Å². The number of aromatic nitrogens is 3. The average molecular weight is 251 g/mol. The summed E-state index contributed by atoms with van der Waals surface area (Å²) in [4.78, 5) is 4.41. The molecule has 96 valence electrons. The molecule has 0 N–H and O–H groups in total. The Balaban J connectivity index is 2.31. The third kappa shape index (κ3) is 2.01. The molecular weight excluding hydrogens is 234 g/mol. The van der Waals surface area contributed by atoms with Crippen LogP contribution in [0, 0.1) is 6.92 Å². The zero-order chi connectivity index (χ0) is 13.4. The van der Waals surface area contributed by atoms with E-state index in [1.54, 1.807) is 0 Å². The Morgan fingerprint density at radius 1 is 1.11 bits per heavy atom. The van der Waals surface area contributed by atoms with Gasteiger partial charge in [-0.2, -0.15) is 5.10 Å². The molecule has 0 aliphatic heterocycles. The molecule has 0 aromatic carbocycles. The number of fused-ring (bicyclic) bond motifs is 1. The van der Waals surface area contributed by atoms with E-state index in [2.05, 4.69) is 31.0 Å². The van der Waals surface area contributed by atoms with Gasteiger partial charge < -0.3 is 0 Å². The Morgan fingerprint density at radius 2 is 1.95 bits per heavy atom. The highest BCUT2D eigenvalue weighted by Crippen LogP contribution is 2.32. The summed E-state index contributed by atoms with van der Waals surface area (Å²) in [6.07, 6.45) is 3.93. The summed E-state index contributed by atoms with van der Waals surface area (Å²) < 4.78 is 1.95. The van der Waals surface area contributed by atoms with Crippen molar-refractivity contribution < 1.29 is 0 Å². The quantitative estimate of drug-likeness (QED) is 0.693. The summed E-state index contributed by atoms with van der Waals surface area (Å²) in [7, 11) is 0. The molecule has 0 spiro atoms. The fourth-order valence-corrected chi connectivity index (χ4v) is 2.33. The Morgan fingerprint density at radius 3 is 2.63 bits per heavy atom. The molecule has 3 rings (SSSR count). The van der Waals surface area contributed by atoms with Crippen molar-refractivity contribution in [2.45, 2.75) is 26.7 Å². The highest BCUT2D eigenvalue weighted by Gasteiger charge is 2.16. The maximum Gasteiger partial charge on any atom is 0.0743 e. The van der Waals surface area contributed by atoms with Gasteiger partial charge in [0.05, 0.1) is 11.2 Å². The Kier molecular flexibility index (Phi) is 2.82. The normalized spacial score (nSPS) is 11.4. The van der Waals surface area contributed by atoms with Crippen molar-refractivity contribution in [3.8, 4) is 11.1 Å². The summed E-state index contributed by atoms with van der Waals surface area (Å²) in [5.41, 5.74) is 5.62. The van der Waals surface area contributed by atoms with Crippen LogP contribution in [0.15, 0.2) is 42.7 Å². The molecule has 0 saturated heterocycles. The van der Waals surface area contributed by atoms with E-state index >= 15 is 0 Å². The summed E-state index contributed by atoms with van der Waals surface area (Å²) >= 11 is 0. The second-order valence-corrected chi connectivity index (χ2v) is 5.13. The van der Waals surface area contributed by atoms with Crippen molar-refractivity contribution in [2.75, 3.05) is 0 Å². The summed E-state index contributed by atoms with van der Waals surface area (Å²) in [5.74, 6) is 0.385. The van der Waals surface area contributed by atoms with Gasteiger partial charge in [-0.25, -0.2) is 4.52 Å². The van der Waals surface area contributed by atoms with Crippen LogP contribution in [0.25, 0.3) is 16.6 Å². The van der Waals surface area contributed by atoms with Crippen molar-refractivity contribution in [1.82, 2.24) is 14.6 Å². The van der Waals surface area contributed by atoms with Crippen molar-refractivity contribution in [1.29, 1.82) is 0 Å². The van der Waals surface area contributed by atoms with Crippen molar-refractivity contribution in [3.63, 3.8) is 0 Å². The number of aryl methyl sites for hydroxylation is 1. The average Bonchev–Trinajstić information content (AvgIpc) is 2.79. The topological polar surface area (TPSA) is 30.2 Å². The SMILES string of the molecule is Cc1ccc(-c2c(C(C)C)nn3ccccc23)cn1. The summed E-state index contributed by atoms with van der Waals surface area (Å²) in [6, 6.07) is 10.3. The molecule has 0 unspecified atom stereocenters. The maximum atomic E-state index is 4.70. The lowest BCUT2D eigenvalue weighted by Gasteiger charge is -2.06. The standard InChI is InChI=1S/C16H17N3/c1-11(2)16-15(13-8-7-12(3)17-10-13)14-6-4-5-9-19(14)18-16/h4-11H,1-3H3. The molecule has 0 bridgehead atoms. The first-order valence-corrected chi connectivity index (χ1v) is 6.57. The van der Waals surface area contributed by atoms with Crippen LogP contribution in [0.3, 0.4) is 0 Å². The van der Waals surface area contributed by atoms with Gasteiger partial charge >= 0.3 is 0 Å². The van der Waals surface area contributed by atoms with E-state index in [4.69, 9.17) is 5.10 Å². The van der Waals surface area contributed by atoms with Crippen molar-refractivity contribution in [2.24, 2.45) is 0 Å². The smallest absolute Gasteiger partial charge is 0.0743 e. The predicted molar refractivity (Wildman–Crippen MR) is 77.2 cm³/mol. The van der Waals surface area contributed by atoms with E-state index in [0.29, 0.717) is 5.92 Å². The third-order valence-corrected chi connectivity index (χ3v) is 3.31. The Labute approximate surface area is 112 Å². The molecule has 0 fully saturated rings. The number of pyridine rings is 2. The first kappa shape index (κ1) is 11.9. The molecule has 0 amide bonds. The van der Waals surface area contributed by atoms with Crippen LogP contribution in [0.1, 0.15) is 31.2 Å². The summed E-state index contributed by atoms with van der Waals surface area (Å²) in [5, 5.41) is 4.70.